The third-order valence-corrected chi connectivity index (χ3v) is 6.18. The molecule has 4 heterocycles. The van der Waals surface area contributed by atoms with Crippen LogP contribution in [0, 0.1) is 24.1 Å². The molecule has 9 nitrogen and oxygen atoms in total. The second kappa shape index (κ2) is 8.76. The van der Waals surface area contributed by atoms with Gasteiger partial charge >= 0.3 is 6.09 Å². The van der Waals surface area contributed by atoms with E-state index < -0.39 is 11.9 Å². The van der Waals surface area contributed by atoms with Crippen molar-refractivity contribution in [2.24, 2.45) is 0 Å². The number of rotatable bonds is 3. The molecule has 2 atom stereocenters. The average molecular weight is 463 g/mol. The zero-order valence-corrected chi connectivity index (χ0v) is 18.4. The van der Waals surface area contributed by atoms with Gasteiger partial charge in [0.25, 0.3) is 0 Å². The SMILES string of the molecule is Cc1c(-c2cc3cc(NC(=O)OC4CCOC4)ncc3c(N)c2F)cnc2c1C(C#N)CCO2. The fourth-order valence-corrected chi connectivity index (χ4v) is 4.39. The molecule has 1 aromatic carbocycles. The number of hydrogen-bond acceptors (Lipinski definition) is 8. The largest absolute Gasteiger partial charge is 0.477 e. The first-order chi connectivity index (χ1) is 16.5. The van der Waals surface area contributed by atoms with E-state index in [1.165, 1.54) is 12.4 Å². The number of hydrogen-bond donors (Lipinski definition) is 2. The maximum Gasteiger partial charge on any atom is 0.413 e. The predicted octanol–water partition coefficient (Wildman–Crippen LogP) is 4.05. The van der Waals surface area contributed by atoms with E-state index in [4.69, 9.17) is 19.9 Å². The Morgan fingerprint density at radius 1 is 1.26 bits per heavy atom. The van der Waals surface area contributed by atoms with Crippen molar-refractivity contribution in [3.05, 3.63) is 41.5 Å². The third-order valence-electron chi connectivity index (χ3n) is 6.18. The number of nitrogens with two attached hydrogens (primary N) is 1. The van der Waals surface area contributed by atoms with Gasteiger partial charge in [0.1, 0.15) is 11.9 Å². The van der Waals surface area contributed by atoms with Crippen LogP contribution in [0.3, 0.4) is 0 Å². The molecule has 3 aromatic rings. The number of pyridine rings is 2. The number of benzene rings is 1. The molecule has 2 aromatic heterocycles. The fourth-order valence-electron chi connectivity index (χ4n) is 4.39. The number of halogens is 1. The molecule has 174 valence electrons. The normalized spacial score (nSPS) is 19.2. The molecule has 2 unspecified atom stereocenters. The summed E-state index contributed by atoms with van der Waals surface area (Å²) in [6.07, 6.45) is 3.18. The van der Waals surface area contributed by atoms with Crippen LogP contribution in [-0.4, -0.2) is 42.0 Å². The van der Waals surface area contributed by atoms with Crippen molar-refractivity contribution in [2.75, 3.05) is 30.9 Å². The van der Waals surface area contributed by atoms with Gasteiger partial charge in [-0.25, -0.2) is 19.2 Å². The molecular formula is C24H22FN5O4. The second-order valence-corrected chi connectivity index (χ2v) is 8.29. The highest BCUT2D eigenvalue weighted by Crippen LogP contribution is 2.41. The Hall–Kier alpha value is -3.97. The van der Waals surface area contributed by atoms with Crippen LogP contribution in [0.15, 0.2) is 24.5 Å². The number of carbonyl (C=O) groups is 1. The number of nitrogen functional groups attached to an aromatic ring is 1. The topological polar surface area (TPSA) is 132 Å². The first-order valence-corrected chi connectivity index (χ1v) is 10.9. The van der Waals surface area contributed by atoms with Crippen molar-refractivity contribution in [3.63, 3.8) is 0 Å². The van der Waals surface area contributed by atoms with Crippen molar-refractivity contribution in [1.29, 1.82) is 5.26 Å². The Balaban J connectivity index is 1.53. The minimum Gasteiger partial charge on any atom is -0.477 e. The molecule has 34 heavy (non-hydrogen) atoms. The van der Waals surface area contributed by atoms with E-state index in [1.807, 2.05) is 6.92 Å². The lowest BCUT2D eigenvalue weighted by atomic mass is 9.88. The number of fused-ring (bicyclic) bond motifs is 2. The maximum atomic E-state index is 15.4. The standard InChI is InChI=1S/C24H22FN5O4/c1-12-17(9-29-23-20(12)13(8-26)2-5-33-23)16-6-14-7-19(28-10-18(14)22(27)21(16)25)30-24(31)34-15-3-4-32-11-15/h6-7,9-10,13,15H,2-5,11,27H2,1H3,(H,28,30,31). The van der Waals surface area contributed by atoms with Gasteiger partial charge in [-0.1, -0.05) is 0 Å². The summed E-state index contributed by atoms with van der Waals surface area (Å²) in [6, 6.07) is 5.51. The highest BCUT2D eigenvalue weighted by Gasteiger charge is 2.27. The monoisotopic (exact) mass is 463 g/mol. The van der Waals surface area contributed by atoms with Crippen molar-refractivity contribution < 1.29 is 23.4 Å². The number of ether oxygens (including phenoxy) is 3. The first-order valence-electron chi connectivity index (χ1n) is 10.9. The first kappa shape index (κ1) is 21.9. The molecule has 0 spiro atoms. The van der Waals surface area contributed by atoms with Crippen molar-refractivity contribution >= 4 is 28.4 Å². The number of anilines is 2. The van der Waals surface area contributed by atoms with Crippen LogP contribution in [0.2, 0.25) is 0 Å². The van der Waals surface area contributed by atoms with Gasteiger partial charge < -0.3 is 19.9 Å². The molecule has 1 saturated heterocycles. The average Bonchev–Trinajstić information content (AvgIpc) is 3.34. The van der Waals surface area contributed by atoms with Crippen LogP contribution in [0.1, 0.15) is 29.9 Å². The van der Waals surface area contributed by atoms with Gasteiger partial charge in [0.05, 0.1) is 37.5 Å². The van der Waals surface area contributed by atoms with Crippen LogP contribution < -0.4 is 15.8 Å². The van der Waals surface area contributed by atoms with Gasteiger partial charge in [-0.2, -0.15) is 5.26 Å². The quantitative estimate of drug-likeness (QED) is 0.556. The highest BCUT2D eigenvalue weighted by molar-refractivity contribution is 5.99. The minimum atomic E-state index is -0.644. The molecule has 0 saturated carbocycles. The predicted molar refractivity (Wildman–Crippen MR) is 122 cm³/mol. The number of amides is 1. The molecule has 5 rings (SSSR count). The van der Waals surface area contributed by atoms with Crippen molar-refractivity contribution in [3.8, 4) is 23.1 Å². The summed E-state index contributed by atoms with van der Waals surface area (Å²) >= 11 is 0. The summed E-state index contributed by atoms with van der Waals surface area (Å²) in [7, 11) is 0. The van der Waals surface area contributed by atoms with Gasteiger partial charge in [-0.15, -0.1) is 0 Å². The number of nitrogens with one attached hydrogen (secondary N) is 1. The Bertz CT molecular complexity index is 1330. The molecule has 0 radical (unpaired) electrons. The van der Waals surface area contributed by atoms with E-state index in [2.05, 4.69) is 21.4 Å². The molecule has 3 N–H and O–H groups in total. The van der Waals surface area contributed by atoms with E-state index in [0.717, 1.165) is 0 Å². The Labute approximate surface area is 194 Å². The Kier molecular flexibility index (Phi) is 5.63. The smallest absolute Gasteiger partial charge is 0.413 e. The fraction of sp³-hybridized carbons (Fsp3) is 0.333. The lowest BCUT2D eigenvalue weighted by molar-refractivity contribution is 0.0931. The lowest BCUT2D eigenvalue weighted by Gasteiger charge is -2.24. The van der Waals surface area contributed by atoms with Gasteiger partial charge in [0.15, 0.2) is 5.82 Å². The second-order valence-electron chi connectivity index (χ2n) is 8.29. The van der Waals surface area contributed by atoms with Gasteiger partial charge in [-0.3, -0.25) is 5.32 Å². The third kappa shape index (κ3) is 3.84. The molecule has 0 aliphatic carbocycles. The van der Waals surface area contributed by atoms with E-state index in [1.54, 1.807) is 12.1 Å². The summed E-state index contributed by atoms with van der Waals surface area (Å²) in [5.41, 5.74) is 8.19. The molecule has 1 amide bonds. The molecule has 2 aliphatic heterocycles. The Morgan fingerprint density at radius 3 is 2.88 bits per heavy atom. The number of carbonyl (C=O) groups excluding carboxylic acids is 1. The van der Waals surface area contributed by atoms with E-state index >= 15 is 4.39 Å². The van der Waals surface area contributed by atoms with Crippen molar-refractivity contribution in [1.82, 2.24) is 9.97 Å². The summed E-state index contributed by atoms with van der Waals surface area (Å²) in [4.78, 5) is 20.7. The van der Waals surface area contributed by atoms with Crippen LogP contribution in [0.5, 0.6) is 5.88 Å². The maximum absolute atomic E-state index is 15.4. The van der Waals surface area contributed by atoms with Crippen LogP contribution in [-0.2, 0) is 9.47 Å². The summed E-state index contributed by atoms with van der Waals surface area (Å²) in [5.74, 6) is -0.347. The summed E-state index contributed by atoms with van der Waals surface area (Å²) in [5, 5.41) is 13.1. The van der Waals surface area contributed by atoms with Gasteiger partial charge in [0, 0.05) is 47.3 Å². The number of nitrogens with zero attached hydrogens (tertiary/aromatic N) is 3. The molecular weight excluding hydrogens is 441 g/mol. The number of nitriles is 1. The molecule has 2 aliphatic rings. The van der Waals surface area contributed by atoms with Crippen LogP contribution in [0.4, 0.5) is 20.7 Å². The van der Waals surface area contributed by atoms with Gasteiger partial charge in [-0.05, 0) is 30.0 Å². The highest BCUT2D eigenvalue weighted by atomic mass is 19.1. The summed E-state index contributed by atoms with van der Waals surface area (Å²) in [6.45, 7) is 3.14. The number of aromatic nitrogens is 2. The van der Waals surface area contributed by atoms with Crippen molar-refractivity contribution in [2.45, 2.75) is 31.8 Å². The summed E-state index contributed by atoms with van der Waals surface area (Å²) < 4.78 is 31.5. The Morgan fingerprint density at radius 2 is 2.12 bits per heavy atom. The lowest BCUT2D eigenvalue weighted by Crippen LogP contribution is -2.22. The molecule has 10 heteroatoms. The van der Waals surface area contributed by atoms with Gasteiger partial charge in [0.2, 0.25) is 5.88 Å². The molecule has 1 fully saturated rings. The van der Waals surface area contributed by atoms with E-state index in [0.29, 0.717) is 66.0 Å². The molecule has 0 bridgehead atoms. The van der Waals surface area contributed by atoms with Crippen LogP contribution >= 0.6 is 0 Å². The zero-order chi connectivity index (χ0) is 23.8. The van der Waals surface area contributed by atoms with E-state index in [9.17, 15) is 10.1 Å². The minimum absolute atomic E-state index is 0.0672. The zero-order valence-electron chi connectivity index (χ0n) is 18.4. The van der Waals surface area contributed by atoms with E-state index in [-0.39, 0.29) is 29.1 Å². The van der Waals surface area contributed by atoms with Crippen LogP contribution in [0.25, 0.3) is 21.9 Å².